The van der Waals surface area contributed by atoms with Crippen molar-refractivity contribution in [1.82, 2.24) is 25.2 Å². The predicted molar refractivity (Wildman–Crippen MR) is 119 cm³/mol. The first-order valence-corrected chi connectivity index (χ1v) is 9.63. The third kappa shape index (κ3) is 5.79. The third-order valence-electron chi connectivity index (χ3n) is 4.94. The van der Waals surface area contributed by atoms with Gasteiger partial charge in [-0.2, -0.15) is 0 Å². The van der Waals surface area contributed by atoms with E-state index in [1.807, 2.05) is 35.7 Å². The highest BCUT2D eigenvalue weighted by Crippen LogP contribution is 2.25. The number of ether oxygens (including phenoxy) is 1. The van der Waals surface area contributed by atoms with Gasteiger partial charge in [0.2, 0.25) is 0 Å². The Kier molecular flexibility index (Phi) is 8.94. The summed E-state index contributed by atoms with van der Waals surface area (Å²) in [6, 6.07) is 6.20. The number of fused-ring (bicyclic) bond motifs is 1. The summed E-state index contributed by atoms with van der Waals surface area (Å²) in [4.78, 5) is 16.1. The van der Waals surface area contributed by atoms with Crippen LogP contribution in [-0.4, -0.2) is 52.8 Å². The summed E-state index contributed by atoms with van der Waals surface area (Å²) in [5, 5.41) is 15.2. The van der Waals surface area contributed by atoms with E-state index in [1.54, 1.807) is 7.05 Å². The van der Waals surface area contributed by atoms with E-state index in [1.165, 1.54) is 0 Å². The van der Waals surface area contributed by atoms with Crippen molar-refractivity contribution in [2.75, 3.05) is 20.2 Å². The average Bonchev–Trinajstić information content (AvgIpc) is 3.11. The van der Waals surface area contributed by atoms with Crippen LogP contribution in [0.2, 0.25) is 0 Å². The quantitative estimate of drug-likeness (QED) is 0.274. The second-order valence-corrected chi connectivity index (χ2v) is 6.74. The molecule has 0 radical (unpaired) electrons. The number of guanidine groups is 1. The van der Waals surface area contributed by atoms with Crippen molar-refractivity contribution in [2.45, 2.75) is 45.1 Å². The fraction of sp³-hybridized carbons (Fsp3) is 0.579. The van der Waals surface area contributed by atoms with Gasteiger partial charge in [0, 0.05) is 32.3 Å². The molecule has 1 saturated carbocycles. The zero-order valence-electron chi connectivity index (χ0n) is 16.4. The number of pyridine rings is 1. The maximum Gasteiger partial charge on any atom is 0.308 e. The minimum absolute atomic E-state index is 0. The molecule has 0 aromatic carbocycles. The standard InChI is InChI=1S/C19H28N6O2.HI/c1-3-27-18(26)14-7-9-15(10-8-14)22-19(20-2)21-12-11-17-24-23-16-6-4-5-13-25(16)17;/h4-6,13-15H,3,7-12H2,1-2H3,(H2,20,21,22);1H. The number of hydrogen-bond donors (Lipinski definition) is 2. The van der Waals surface area contributed by atoms with E-state index in [9.17, 15) is 4.79 Å². The maximum atomic E-state index is 11.8. The zero-order chi connectivity index (χ0) is 19.1. The van der Waals surface area contributed by atoms with Crippen LogP contribution in [0.4, 0.5) is 0 Å². The molecule has 154 valence electrons. The Morgan fingerprint density at radius 3 is 2.79 bits per heavy atom. The number of aromatic nitrogens is 3. The highest BCUT2D eigenvalue weighted by atomic mass is 127. The minimum atomic E-state index is -0.0565. The van der Waals surface area contributed by atoms with Gasteiger partial charge in [-0.05, 0) is 44.7 Å². The van der Waals surface area contributed by atoms with E-state index in [2.05, 4.69) is 25.8 Å². The Balaban J connectivity index is 0.00000280. The second kappa shape index (κ2) is 11.2. The molecule has 2 aromatic heterocycles. The summed E-state index contributed by atoms with van der Waals surface area (Å²) < 4.78 is 7.12. The number of hydrogen-bond acceptors (Lipinski definition) is 5. The number of carbonyl (C=O) groups is 1. The first-order valence-electron chi connectivity index (χ1n) is 9.63. The molecule has 0 unspecified atom stereocenters. The minimum Gasteiger partial charge on any atom is -0.466 e. The SMILES string of the molecule is CCOC(=O)C1CCC(NC(=NC)NCCc2nnc3ccccn23)CC1.I. The van der Waals surface area contributed by atoms with Crippen LogP contribution in [0.5, 0.6) is 0 Å². The lowest BCUT2D eigenvalue weighted by Gasteiger charge is -2.29. The van der Waals surface area contributed by atoms with E-state index in [0.29, 0.717) is 19.2 Å². The molecule has 9 heteroatoms. The molecule has 1 aliphatic carbocycles. The number of aliphatic imine (C=N–C) groups is 1. The molecule has 8 nitrogen and oxygen atoms in total. The summed E-state index contributed by atoms with van der Waals surface area (Å²) in [5.41, 5.74) is 0.855. The van der Waals surface area contributed by atoms with Crippen molar-refractivity contribution in [2.24, 2.45) is 10.9 Å². The van der Waals surface area contributed by atoms with Crippen LogP contribution in [0.1, 0.15) is 38.4 Å². The van der Waals surface area contributed by atoms with Crippen molar-refractivity contribution in [1.29, 1.82) is 0 Å². The summed E-state index contributed by atoms with van der Waals surface area (Å²) in [6.45, 7) is 3.02. The molecule has 0 aliphatic heterocycles. The monoisotopic (exact) mass is 500 g/mol. The van der Waals surface area contributed by atoms with Crippen molar-refractivity contribution < 1.29 is 9.53 Å². The largest absolute Gasteiger partial charge is 0.466 e. The number of halogens is 1. The molecule has 0 saturated heterocycles. The van der Waals surface area contributed by atoms with Gasteiger partial charge >= 0.3 is 5.97 Å². The summed E-state index contributed by atoms with van der Waals surface area (Å²) in [5.74, 6) is 1.69. The second-order valence-electron chi connectivity index (χ2n) is 6.74. The van der Waals surface area contributed by atoms with Crippen LogP contribution in [-0.2, 0) is 16.0 Å². The van der Waals surface area contributed by atoms with Crippen LogP contribution >= 0.6 is 24.0 Å². The summed E-state index contributed by atoms with van der Waals surface area (Å²) in [6.07, 6.45) is 6.33. The molecule has 0 atom stereocenters. The molecule has 2 heterocycles. The number of nitrogens with zero attached hydrogens (tertiary/aromatic N) is 4. The highest BCUT2D eigenvalue weighted by Gasteiger charge is 2.27. The van der Waals surface area contributed by atoms with Gasteiger partial charge in [-0.1, -0.05) is 6.07 Å². The topological polar surface area (TPSA) is 92.9 Å². The Morgan fingerprint density at radius 1 is 1.29 bits per heavy atom. The van der Waals surface area contributed by atoms with Gasteiger partial charge in [0.15, 0.2) is 11.6 Å². The molecule has 1 fully saturated rings. The lowest BCUT2D eigenvalue weighted by Crippen LogP contribution is -2.45. The number of rotatable bonds is 6. The van der Waals surface area contributed by atoms with Crippen molar-refractivity contribution in [3.8, 4) is 0 Å². The lowest BCUT2D eigenvalue weighted by molar-refractivity contribution is -0.149. The maximum absolute atomic E-state index is 11.8. The average molecular weight is 500 g/mol. The molecule has 28 heavy (non-hydrogen) atoms. The van der Waals surface area contributed by atoms with Gasteiger partial charge in [-0.15, -0.1) is 34.2 Å². The van der Waals surface area contributed by atoms with Crippen LogP contribution in [0.25, 0.3) is 5.65 Å². The predicted octanol–water partition coefficient (Wildman–Crippen LogP) is 2.18. The zero-order valence-corrected chi connectivity index (χ0v) is 18.8. The first-order chi connectivity index (χ1) is 13.2. The summed E-state index contributed by atoms with van der Waals surface area (Å²) in [7, 11) is 1.77. The van der Waals surface area contributed by atoms with E-state index in [-0.39, 0.29) is 35.9 Å². The van der Waals surface area contributed by atoms with Gasteiger partial charge in [0.1, 0.15) is 5.82 Å². The van der Waals surface area contributed by atoms with E-state index >= 15 is 0 Å². The van der Waals surface area contributed by atoms with E-state index in [0.717, 1.165) is 49.5 Å². The third-order valence-corrected chi connectivity index (χ3v) is 4.94. The Bertz CT molecular complexity index is 786. The number of nitrogens with one attached hydrogen (secondary N) is 2. The van der Waals surface area contributed by atoms with E-state index < -0.39 is 0 Å². The summed E-state index contributed by atoms with van der Waals surface area (Å²) >= 11 is 0. The van der Waals surface area contributed by atoms with Gasteiger partial charge in [0.25, 0.3) is 0 Å². The van der Waals surface area contributed by atoms with Crippen molar-refractivity contribution in [3.63, 3.8) is 0 Å². The number of esters is 1. The van der Waals surface area contributed by atoms with Crippen molar-refractivity contribution in [3.05, 3.63) is 30.2 Å². The van der Waals surface area contributed by atoms with Crippen molar-refractivity contribution >= 4 is 41.6 Å². The molecule has 0 spiro atoms. The molecular weight excluding hydrogens is 471 g/mol. The molecule has 2 N–H and O–H groups in total. The lowest BCUT2D eigenvalue weighted by atomic mass is 9.86. The Hall–Kier alpha value is -1.91. The molecule has 1 aliphatic rings. The molecular formula is C19H29IN6O2. The molecule has 3 rings (SSSR count). The van der Waals surface area contributed by atoms with Crippen LogP contribution in [0.15, 0.2) is 29.4 Å². The van der Waals surface area contributed by atoms with Crippen LogP contribution in [0, 0.1) is 5.92 Å². The van der Waals surface area contributed by atoms with Gasteiger partial charge in [-0.3, -0.25) is 14.2 Å². The molecule has 0 bridgehead atoms. The van der Waals surface area contributed by atoms with Gasteiger partial charge in [-0.25, -0.2) is 0 Å². The number of carbonyl (C=O) groups excluding carboxylic acids is 1. The van der Waals surface area contributed by atoms with E-state index in [4.69, 9.17) is 4.74 Å². The Morgan fingerprint density at radius 2 is 2.07 bits per heavy atom. The van der Waals surface area contributed by atoms with Gasteiger partial charge < -0.3 is 15.4 Å². The highest BCUT2D eigenvalue weighted by molar-refractivity contribution is 14.0. The smallest absolute Gasteiger partial charge is 0.308 e. The normalized spacial score (nSPS) is 19.7. The fourth-order valence-electron chi connectivity index (χ4n) is 3.48. The first kappa shape index (κ1) is 22.4. The molecule has 2 aromatic rings. The van der Waals surface area contributed by atoms with Crippen LogP contribution < -0.4 is 10.6 Å². The molecule has 0 amide bonds. The Labute approximate surface area is 182 Å². The van der Waals surface area contributed by atoms with Gasteiger partial charge in [0.05, 0.1) is 12.5 Å². The fourth-order valence-corrected chi connectivity index (χ4v) is 3.48. The van der Waals surface area contributed by atoms with Crippen LogP contribution in [0.3, 0.4) is 0 Å².